The van der Waals surface area contributed by atoms with E-state index in [4.69, 9.17) is 22.6 Å². The molecule has 0 atom stereocenters. The summed E-state index contributed by atoms with van der Waals surface area (Å²) in [7, 11) is 0. The minimum absolute atomic E-state index is 0.147. The smallest absolute Gasteiger partial charge is 0.263 e. The molecule has 0 saturated heterocycles. The van der Waals surface area contributed by atoms with E-state index in [1.165, 1.54) is 6.20 Å². The van der Waals surface area contributed by atoms with Crippen molar-refractivity contribution in [3.63, 3.8) is 0 Å². The van der Waals surface area contributed by atoms with E-state index in [2.05, 4.69) is 10.6 Å². The van der Waals surface area contributed by atoms with Crippen LogP contribution in [-0.2, 0) is 11.3 Å². The Morgan fingerprint density at radius 3 is 2.52 bits per heavy atom. The third-order valence-electron chi connectivity index (χ3n) is 3.33. The van der Waals surface area contributed by atoms with Gasteiger partial charge in [0.1, 0.15) is 11.6 Å². The molecule has 2 aromatic rings. The van der Waals surface area contributed by atoms with Crippen LogP contribution in [0.25, 0.3) is 0 Å². The first-order valence-electron chi connectivity index (χ1n) is 7.30. The van der Waals surface area contributed by atoms with Crippen LogP contribution in [0.15, 0.2) is 60.3 Å². The quantitative estimate of drug-likeness (QED) is 0.547. The number of carbonyl (C=O) groups excluding carboxylic acids is 2. The number of rotatable bonds is 6. The average molecular weight is 355 g/mol. The topological polar surface area (TPSA) is 108 Å². The predicted molar refractivity (Wildman–Crippen MR) is 95.6 cm³/mol. The molecule has 0 aromatic heterocycles. The van der Waals surface area contributed by atoms with Gasteiger partial charge in [0.05, 0.1) is 11.3 Å². The van der Waals surface area contributed by atoms with Gasteiger partial charge in [-0.1, -0.05) is 41.9 Å². The third-order valence-corrected chi connectivity index (χ3v) is 3.70. The van der Waals surface area contributed by atoms with E-state index in [1.54, 1.807) is 48.5 Å². The largest absolute Gasteiger partial charge is 0.366 e. The van der Waals surface area contributed by atoms with Crippen molar-refractivity contribution >= 4 is 29.1 Å². The lowest BCUT2D eigenvalue weighted by Gasteiger charge is -2.08. The third kappa shape index (κ3) is 4.83. The number of nitrogens with two attached hydrogens (primary N) is 1. The van der Waals surface area contributed by atoms with Gasteiger partial charge in [-0.15, -0.1) is 0 Å². The molecular formula is C18H15ClN4O2. The summed E-state index contributed by atoms with van der Waals surface area (Å²) in [4.78, 5) is 23.5. The van der Waals surface area contributed by atoms with Crippen LogP contribution in [0.2, 0.25) is 5.02 Å². The lowest BCUT2D eigenvalue weighted by Crippen LogP contribution is -2.24. The normalized spacial score (nSPS) is 10.6. The molecule has 0 heterocycles. The van der Waals surface area contributed by atoms with Crippen molar-refractivity contribution in [2.24, 2.45) is 5.73 Å². The minimum Gasteiger partial charge on any atom is -0.366 e. The van der Waals surface area contributed by atoms with Crippen molar-refractivity contribution in [3.8, 4) is 6.07 Å². The van der Waals surface area contributed by atoms with Crippen LogP contribution in [-0.4, -0.2) is 11.8 Å². The number of para-hydroxylation sites is 1. The highest BCUT2D eigenvalue weighted by Crippen LogP contribution is 2.16. The van der Waals surface area contributed by atoms with Crippen LogP contribution in [0, 0.1) is 11.3 Å². The second-order valence-electron chi connectivity index (χ2n) is 5.00. The molecule has 0 aliphatic carbocycles. The highest BCUT2D eigenvalue weighted by Gasteiger charge is 2.11. The van der Waals surface area contributed by atoms with Gasteiger partial charge in [-0.3, -0.25) is 9.59 Å². The monoisotopic (exact) mass is 354 g/mol. The fourth-order valence-corrected chi connectivity index (χ4v) is 2.24. The highest BCUT2D eigenvalue weighted by molar-refractivity contribution is 6.31. The number of primary amides is 1. The maximum absolute atomic E-state index is 12.1. The predicted octanol–water partition coefficient (Wildman–Crippen LogP) is 2.57. The summed E-state index contributed by atoms with van der Waals surface area (Å²) in [5.41, 5.74) is 6.54. The molecule has 25 heavy (non-hydrogen) atoms. The Balaban J connectivity index is 2.08. The molecule has 0 unspecified atom stereocenters. The van der Waals surface area contributed by atoms with Crippen LogP contribution in [0.5, 0.6) is 0 Å². The first kappa shape index (κ1) is 18.0. The molecule has 0 radical (unpaired) electrons. The maximum atomic E-state index is 12.1. The van der Waals surface area contributed by atoms with E-state index in [-0.39, 0.29) is 17.7 Å². The van der Waals surface area contributed by atoms with Gasteiger partial charge in [-0.2, -0.15) is 5.26 Å². The van der Waals surface area contributed by atoms with Gasteiger partial charge in [-0.05, 0) is 23.8 Å². The summed E-state index contributed by atoms with van der Waals surface area (Å²) in [6.45, 7) is 0.190. The number of halogens is 1. The summed E-state index contributed by atoms with van der Waals surface area (Å²) < 4.78 is 0. The first-order chi connectivity index (χ1) is 12.0. The lowest BCUT2D eigenvalue weighted by molar-refractivity contribution is -0.117. The number of hydrogen-bond donors (Lipinski definition) is 3. The van der Waals surface area contributed by atoms with E-state index >= 15 is 0 Å². The van der Waals surface area contributed by atoms with E-state index in [0.717, 1.165) is 5.56 Å². The number of amides is 2. The molecule has 6 nitrogen and oxygen atoms in total. The van der Waals surface area contributed by atoms with Gasteiger partial charge in [0, 0.05) is 17.8 Å². The fraction of sp³-hybridized carbons (Fsp3) is 0.0556. The van der Waals surface area contributed by atoms with Gasteiger partial charge in [0.15, 0.2) is 0 Å². The zero-order valence-electron chi connectivity index (χ0n) is 13.1. The van der Waals surface area contributed by atoms with E-state index in [9.17, 15) is 9.59 Å². The van der Waals surface area contributed by atoms with E-state index < -0.39 is 11.8 Å². The molecule has 126 valence electrons. The van der Waals surface area contributed by atoms with E-state index in [1.807, 2.05) is 6.07 Å². The summed E-state index contributed by atoms with van der Waals surface area (Å²) in [5.74, 6) is -1.18. The van der Waals surface area contributed by atoms with Gasteiger partial charge in [0.2, 0.25) is 0 Å². The van der Waals surface area contributed by atoms with Crippen LogP contribution < -0.4 is 16.4 Å². The number of nitriles is 1. The van der Waals surface area contributed by atoms with Crippen LogP contribution in [0.1, 0.15) is 15.9 Å². The Hall–Kier alpha value is -3.30. The molecular weight excluding hydrogens is 340 g/mol. The molecule has 0 fully saturated rings. The summed E-state index contributed by atoms with van der Waals surface area (Å²) in [5, 5.41) is 15.1. The molecule has 2 aromatic carbocycles. The van der Waals surface area contributed by atoms with Gasteiger partial charge >= 0.3 is 0 Å². The summed E-state index contributed by atoms with van der Waals surface area (Å²) >= 11 is 6.02. The Labute approximate surface area is 149 Å². The van der Waals surface area contributed by atoms with Crippen molar-refractivity contribution in [3.05, 3.63) is 76.5 Å². The molecule has 4 N–H and O–H groups in total. The second-order valence-corrected chi connectivity index (χ2v) is 5.41. The first-order valence-corrected chi connectivity index (χ1v) is 7.68. The average Bonchev–Trinajstić information content (AvgIpc) is 2.61. The molecule has 7 heteroatoms. The Morgan fingerprint density at radius 1 is 1.16 bits per heavy atom. The van der Waals surface area contributed by atoms with Crippen LogP contribution in [0.4, 0.5) is 5.69 Å². The lowest BCUT2D eigenvalue weighted by atomic mass is 10.1. The van der Waals surface area contributed by atoms with Gasteiger partial charge < -0.3 is 16.4 Å². The molecule has 0 aliphatic heterocycles. The molecule has 0 bridgehead atoms. The zero-order chi connectivity index (χ0) is 18.2. The van der Waals surface area contributed by atoms with Crippen LogP contribution in [0.3, 0.4) is 0 Å². The Kier molecular flexibility index (Phi) is 6.15. The van der Waals surface area contributed by atoms with Crippen molar-refractivity contribution in [2.45, 2.75) is 6.54 Å². The number of benzene rings is 2. The van der Waals surface area contributed by atoms with Crippen molar-refractivity contribution in [1.82, 2.24) is 5.32 Å². The van der Waals surface area contributed by atoms with Crippen molar-refractivity contribution < 1.29 is 9.59 Å². The molecule has 0 spiro atoms. The summed E-state index contributed by atoms with van der Waals surface area (Å²) in [6.07, 6.45) is 1.23. The van der Waals surface area contributed by atoms with Crippen molar-refractivity contribution in [2.75, 3.05) is 5.32 Å². The minimum atomic E-state index is -0.613. The zero-order valence-corrected chi connectivity index (χ0v) is 13.9. The summed E-state index contributed by atoms with van der Waals surface area (Å²) in [6, 6.07) is 15.4. The standard InChI is InChI=1S/C18H15ClN4O2/c19-15-7-3-1-5-12(15)10-23-18(25)13(9-20)11-22-16-8-4-2-6-14(16)17(21)24/h1-8,11,22H,10H2,(H2,21,24)(H,23,25)/b13-11-. The Bertz CT molecular complexity index is 871. The second kappa shape index (κ2) is 8.52. The number of nitrogens with one attached hydrogen (secondary N) is 2. The maximum Gasteiger partial charge on any atom is 0.263 e. The van der Waals surface area contributed by atoms with Gasteiger partial charge in [0.25, 0.3) is 11.8 Å². The fourth-order valence-electron chi connectivity index (χ4n) is 2.03. The number of hydrogen-bond acceptors (Lipinski definition) is 4. The van der Waals surface area contributed by atoms with Crippen molar-refractivity contribution in [1.29, 1.82) is 5.26 Å². The molecule has 2 rings (SSSR count). The van der Waals surface area contributed by atoms with E-state index in [0.29, 0.717) is 10.7 Å². The van der Waals surface area contributed by atoms with Gasteiger partial charge in [-0.25, -0.2) is 0 Å². The Morgan fingerprint density at radius 2 is 1.84 bits per heavy atom. The van der Waals surface area contributed by atoms with Crippen LogP contribution >= 0.6 is 11.6 Å². The SMILES string of the molecule is N#C/C(=C/Nc1ccccc1C(N)=O)C(=O)NCc1ccccc1Cl. The molecule has 2 amide bonds. The number of anilines is 1. The highest BCUT2D eigenvalue weighted by atomic mass is 35.5. The molecule has 0 aliphatic rings. The number of carbonyl (C=O) groups is 2. The number of nitrogens with zero attached hydrogens (tertiary/aromatic N) is 1. The molecule has 0 saturated carbocycles.